The van der Waals surface area contributed by atoms with Crippen LogP contribution in [0, 0.1) is 13.8 Å². The molecule has 3 aromatic rings. The fraction of sp³-hybridized carbons (Fsp3) is 0.304. The molecule has 2 N–H and O–H groups in total. The summed E-state index contributed by atoms with van der Waals surface area (Å²) in [6.45, 7) is 4.64. The zero-order valence-electron chi connectivity index (χ0n) is 16.6. The number of hydrogen-bond donors (Lipinski definition) is 2. The number of aryl methyl sites for hydroxylation is 3. The van der Waals surface area contributed by atoms with Gasteiger partial charge in [0.05, 0.1) is 7.11 Å². The van der Waals surface area contributed by atoms with Gasteiger partial charge in [0.1, 0.15) is 5.75 Å². The summed E-state index contributed by atoms with van der Waals surface area (Å²) in [7, 11) is 1.64. The fourth-order valence-corrected chi connectivity index (χ4v) is 3.18. The second kappa shape index (κ2) is 8.74. The van der Waals surface area contributed by atoms with Crippen molar-refractivity contribution in [1.82, 2.24) is 10.3 Å². The number of H-pyrrole nitrogens is 1. The first kappa shape index (κ1) is 19.7. The molecule has 0 spiro atoms. The van der Waals surface area contributed by atoms with Crippen LogP contribution in [0.5, 0.6) is 5.75 Å². The Morgan fingerprint density at radius 1 is 1.04 bits per heavy atom. The smallest absolute Gasteiger partial charge is 0.251 e. The van der Waals surface area contributed by atoms with E-state index < -0.39 is 0 Å². The highest BCUT2D eigenvalue weighted by Crippen LogP contribution is 2.17. The maximum Gasteiger partial charge on any atom is 0.251 e. The molecule has 1 aromatic heterocycles. The summed E-state index contributed by atoms with van der Waals surface area (Å²) < 4.78 is 5.14. The molecule has 0 aliphatic heterocycles. The van der Waals surface area contributed by atoms with E-state index >= 15 is 0 Å². The van der Waals surface area contributed by atoms with Crippen molar-refractivity contribution in [2.45, 2.75) is 33.1 Å². The standard InChI is InChI=1S/C23H26N2O3/c1-15-12-19-14-18(23(27)25-21(19)13-16(15)2)6-9-22(26)24-11-10-17-4-7-20(28-3)8-5-17/h4-5,7-8,12-14H,6,9-11H2,1-3H3,(H,24,26)(H,25,27). The zero-order chi connectivity index (χ0) is 20.1. The average Bonchev–Trinajstić information content (AvgIpc) is 2.68. The third-order valence-electron chi connectivity index (χ3n) is 5.05. The van der Waals surface area contributed by atoms with Crippen LogP contribution < -0.4 is 15.6 Å². The predicted molar refractivity (Wildman–Crippen MR) is 112 cm³/mol. The van der Waals surface area contributed by atoms with Gasteiger partial charge in [-0.3, -0.25) is 9.59 Å². The van der Waals surface area contributed by atoms with Crippen LogP contribution in [-0.4, -0.2) is 24.5 Å². The molecule has 5 nitrogen and oxygen atoms in total. The maximum absolute atomic E-state index is 12.3. The van der Waals surface area contributed by atoms with Crippen LogP contribution >= 0.6 is 0 Å². The van der Waals surface area contributed by atoms with Crippen LogP contribution in [0.2, 0.25) is 0 Å². The Balaban J connectivity index is 1.54. The number of carbonyl (C=O) groups excluding carboxylic acids is 1. The first-order chi connectivity index (χ1) is 13.5. The summed E-state index contributed by atoms with van der Waals surface area (Å²) in [6.07, 6.45) is 1.47. The van der Waals surface area contributed by atoms with Crippen LogP contribution in [0.1, 0.15) is 28.7 Å². The van der Waals surface area contributed by atoms with Gasteiger partial charge in [0.2, 0.25) is 5.91 Å². The number of pyridine rings is 1. The Morgan fingerprint density at radius 3 is 2.46 bits per heavy atom. The van der Waals surface area contributed by atoms with Crippen LogP contribution in [0.3, 0.4) is 0 Å². The molecule has 3 rings (SSSR count). The van der Waals surface area contributed by atoms with Crippen LogP contribution in [0.15, 0.2) is 47.3 Å². The van der Waals surface area contributed by atoms with Gasteiger partial charge in [-0.05, 0) is 79.1 Å². The molecule has 0 aliphatic rings. The lowest BCUT2D eigenvalue weighted by Crippen LogP contribution is -2.26. The van der Waals surface area contributed by atoms with E-state index in [1.54, 1.807) is 7.11 Å². The Bertz CT molecular complexity index is 1040. The van der Waals surface area contributed by atoms with Crippen molar-refractivity contribution >= 4 is 16.8 Å². The molecule has 0 fully saturated rings. The van der Waals surface area contributed by atoms with Gasteiger partial charge >= 0.3 is 0 Å². The van der Waals surface area contributed by atoms with Crippen molar-refractivity contribution in [3.8, 4) is 5.75 Å². The number of rotatable bonds is 7. The molecule has 5 heteroatoms. The van der Waals surface area contributed by atoms with Gasteiger partial charge in [0, 0.05) is 24.0 Å². The van der Waals surface area contributed by atoms with Gasteiger partial charge in [-0.25, -0.2) is 0 Å². The lowest BCUT2D eigenvalue weighted by atomic mass is 10.0. The number of carbonyl (C=O) groups is 1. The molecule has 0 atom stereocenters. The molecular weight excluding hydrogens is 352 g/mol. The lowest BCUT2D eigenvalue weighted by Gasteiger charge is -2.08. The first-order valence-corrected chi connectivity index (χ1v) is 9.49. The number of nitrogens with one attached hydrogen (secondary N) is 2. The average molecular weight is 378 g/mol. The normalized spacial score (nSPS) is 10.8. The highest BCUT2D eigenvalue weighted by molar-refractivity contribution is 5.81. The van der Waals surface area contributed by atoms with Crippen molar-refractivity contribution < 1.29 is 9.53 Å². The zero-order valence-corrected chi connectivity index (χ0v) is 16.6. The number of ether oxygens (including phenoxy) is 1. The number of aromatic nitrogens is 1. The van der Waals surface area contributed by atoms with Gasteiger partial charge in [0.25, 0.3) is 5.56 Å². The largest absolute Gasteiger partial charge is 0.497 e. The van der Waals surface area contributed by atoms with E-state index in [4.69, 9.17) is 4.74 Å². The molecule has 2 aromatic carbocycles. The van der Waals surface area contributed by atoms with E-state index in [1.807, 2.05) is 43.3 Å². The predicted octanol–water partition coefficient (Wildman–Crippen LogP) is 3.45. The summed E-state index contributed by atoms with van der Waals surface area (Å²) in [5, 5.41) is 3.92. The molecular formula is C23H26N2O3. The number of aromatic amines is 1. The SMILES string of the molecule is COc1ccc(CCNC(=O)CCc2cc3cc(C)c(C)cc3[nH]c2=O)cc1. The molecule has 0 saturated heterocycles. The molecule has 146 valence electrons. The van der Waals surface area contributed by atoms with Crippen LogP contribution in [-0.2, 0) is 17.6 Å². The number of methoxy groups -OCH3 is 1. The Labute approximate surface area is 164 Å². The second-order valence-electron chi connectivity index (χ2n) is 7.10. The molecule has 0 bridgehead atoms. The van der Waals surface area contributed by atoms with E-state index in [0.717, 1.165) is 34.2 Å². The summed E-state index contributed by atoms with van der Waals surface area (Å²) >= 11 is 0. The Kier molecular flexibility index (Phi) is 6.14. The summed E-state index contributed by atoms with van der Waals surface area (Å²) in [5.74, 6) is 0.770. The van der Waals surface area contributed by atoms with Gasteiger partial charge < -0.3 is 15.0 Å². The molecule has 0 aliphatic carbocycles. The number of hydrogen-bond acceptors (Lipinski definition) is 3. The minimum atomic E-state index is -0.123. The van der Waals surface area contributed by atoms with Gasteiger partial charge in [-0.2, -0.15) is 0 Å². The van der Waals surface area contributed by atoms with E-state index in [0.29, 0.717) is 24.9 Å². The third kappa shape index (κ3) is 4.80. The van der Waals surface area contributed by atoms with Crippen LogP contribution in [0.4, 0.5) is 0 Å². The molecule has 0 unspecified atom stereocenters. The van der Waals surface area contributed by atoms with E-state index in [-0.39, 0.29) is 11.5 Å². The van der Waals surface area contributed by atoms with Crippen LogP contribution in [0.25, 0.3) is 10.9 Å². The van der Waals surface area contributed by atoms with Gasteiger partial charge in [-0.1, -0.05) is 12.1 Å². The Hall–Kier alpha value is -3.08. The molecule has 0 radical (unpaired) electrons. The van der Waals surface area contributed by atoms with Gasteiger partial charge in [-0.15, -0.1) is 0 Å². The fourth-order valence-electron chi connectivity index (χ4n) is 3.18. The van der Waals surface area contributed by atoms with Gasteiger partial charge in [0.15, 0.2) is 0 Å². The highest BCUT2D eigenvalue weighted by Gasteiger charge is 2.08. The lowest BCUT2D eigenvalue weighted by molar-refractivity contribution is -0.121. The Morgan fingerprint density at radius 2 is 1.75 bits per heavy atom. The van der Waals surface area contributed by atoms with E-state index in [1.165, 1.54) is 5.56 Å². The minimum absolute atomic E-state index is 0.0481. The second-order valence-corrected chi connectivity index (χ2v) is 7.10. The van der Waals surface area contributed by atoms with Crippen molar-refractivity contribution in [1.29, 1.82) is 0 Å². The summed E-state index contributed by atoms with van der Waals surface area (Å²) in [5.41, 5.74) is 4.82. The first-order valence-electron chi connectivity index (χ1n) is 9.49. The van der Waals surface area contributed by atoms with Crippen molar-refractivity contribution in [2.75, 3.05) is 13.7 Å². The minimum Gasteiger partial charge on any atom is -0.497 e. The van der Waals surface area contributed by atoms with Crippen molar-refractivity contribution in [2.24, 2.45) is 0 Å². The number of benzene rings is 2. The number of fused-ring (bicyclic) bond motifs is 1. The van der Waals surface area contributed by atoms with E-state index in [2.05, 4.69) is 23.3 Å². The molecule has 1 amide bonds. The molecule has 1 heterocycles. The van der Waals surface area contributed by atoms with Crippen molar-refractivity contribution in [3.05, 3.63) is 75.1 Å². The number of amides is 1. The highest BCUT2D eigenvalue weighted by atomic mass is 16.5. The summed E-state index contributed by atoms with van der Waals surface area (Å²) in [6, 6.07) is 13.7. The quantitative estimate of drug-likeness (QED) is 0.662. The topological polar surface area (TPSA) is 71.2 Å². The summed E-state index contributed by atoms with van der Waals surface area (Å²) in [4.78, 5) is 27.4. The van der Waals surface area contributed by atoms with E-state index in [9.17, 15) is 9.59 Å². The monoisotopic (exact) mass is 378 g/mol. The molecule has 28 heavy (non-hydrogen) atoms. The third-order valence-corrected chi connectivity index (χ3v) is 5.05. The maximum atomic E-state index is 12.3. The van der Waals surface area contributed by atoms with Crippen molar-refractivity contribution in [3.63, 3.8) is 0 Å². The molecule has 0 saturated carbocycles.